The van der Waals surface area contributed by atoms with Crippen LogP contribution >= 0.6 is 11.8 Å². The molecule has 1 heterocycles. The summed E-state index contributed by atoms with van der Waals surface area (Å²) < 4.78 is 37.3. The molecule has 2 aromatic rings. The number of hydrogen-bond acceptors (Lipinski definition) is 5. The highest BCUT2D eigenvalue weighted by molar-refractivity contribution is 7.99. The number of hydrogen-bond donors (Lipinski definition) is 1. The standard InChI is InChI=1S/C28H34F3N3O3S/c29-28(30,31)25(35)20-38-17-7-12-24(27(32)37)34(26(36)18-21-8-3-1-4-9-21)23-13-15-33(16-14-23)19-22-10-5-2-6-11-22/h1-6,8-11,23-24H,7,12-20H2,(H2,32,37)/t24-/m0/s1. The van der Waals surface area contributed by atoms with Crippen LogP contribution in [0, 0.1) is 0 Å². The number of thioether (sulfide) groups is 1. The van der Waals surface area contributed by atoms with Crippen LogP contribution < -0.4 is 5.73 Å². The Bertz CT molecular complexity index is 1050. The number of ketones is 1. The molecule has 1 saturated heterocycles. The molecule has 0 saturated carbocycles. The van der Waals surface area contributed by atoms with Gasteiger partial charge in [-0.2, -0.15) is 24.9 Å². The molecule has 0 bridgehead atoms. The van der Waals surface area contributed by atoms with E-state index < -0.39 is 29.7 Å². The van der Waals surface area contributed by atoms with Crippen LogP contribution in [0.3, 0.4) is 0 Å². The first-order chi connectivity index (χ1) is 18.1. The maximum atomic E-state index is 13.5. The van der Waals surface area contributed by atoms with Crippen LogP contribution in [0.15, 0.2) is 60.7 Å². The minimum Gasteiger partial charge on any atom is -0.368 e. The number of likely N-dealkylation sites (tertiary alicyclic amines) is 1. The molecule has 1 fully saturated rings. The van der Waals surface area contributed by atoms with Crippen LogP contribution in [-0.2, 0) is 27.3 Å². The lowest BCUT2D eigenvalue weighted by molar-refractivity contribution is -0.167. The summed E-state index contributed by atoms with van der Waals surface area (Å²) in [6.07, 6.45) is -2.76. The van der Waals surface area contributed by atoms with E-state index in [1.807, 2.05) is 48.5 Å². The normalized spacial score (nSPS) is 15.7. The van der Waals surface area contributed by atoms with Gasteiger partial charge in [-0.1, -0.05) is 60.7 Å². The Labute approximate surface area is 225 Å². The van der Waals surface area contributed by atoms with Crippen molar-refractivity contribution in [2.24, 2.45) is 5.73 Å². The van der Waals surface area contributed by atoms with Crippen molar-refractivity contribution in [2.45, 2.75) is 56.9 Å². The Hall–Kier alpha value is -2.85. The molecule has 10 heteroatoms. The maximum Gasteiger partial charge on any atom is 0.450 e. The summed E-state index contributed by atoms with van der Waals surface area (Å²) in [7, 11) is 0. The zero-order chi connectivity index (χ0) is 27.5. The van der Waals surface area contributed by atoms with Gasteiger partial charge in [0.1, 0.15) is 6.04 Å². The number of carbonyl (C=O) groups is 3. The lowest BCUT2D eigenvalue weighted by atomic mass is 9.97. The van der Waals surface area contributed by atoms with Crippen LogP contribution in [0.5, 0.6) is 0 Å². The average Bonchev–Trinajstić information content (AvgIpc) is 2.89. The highest BCUT2D eigenvalue weighted by Crippen LogP contribution is 2.25. The summed E-state index contributed by atoms with van der Waals surface area (Å²) in [6, 6.07) is 18.4. The van der Waals surface area contributed by atoms with Gasteiger partial charge in [-0.05, 0) is 42.6 Å². The van der Waals surface area contributed by atoms with Crippen molar-refractivity contribution in [2.75, 3.05) is 24.6 Å². The van der Waals surface area contributed by atoms with Gasteiger partial charge in [-0.15, -0.1) is 0 Å². The summed E-state index contributed by atoms with van der Waals surface area (Å²) in [5.41, 5.74) is 7.81. The third kappa shape index (κ3) is 9.16. The maximum absolute atomic E-state index is 13.5. The minimum atomic E-state index is -4.85. The second-order valence-electron chi connectivity index (χ2n) is 9.49. The first kappa shape index (κ1) is 29.7. The summed E-state index contributed by atoms with van der Waals surface area (Å²) in [5.74, 6) is -3.02. The third-order valence-electron chi connectivity index (χ3n) is 6.67. The van der Waals surface area contributed by atoms with Crippen molar-refractivity contribution < 1.29 is 27.6 Å². The predicted octanol–water partition coefficient (Wildman–Crippen LogP) is 4.22. The molecule has 0 radical (unpaired) electrons. The van der Waals surface area contributed by atoms with Gasteiger partial charge in [0.25, 0.3) is 0 Å². The Kier molecular flexibility index (Phi) is 11.2. The van der Waals surface area contributed by atoms with E-state index in [1.165, 1.54) is 5.56 Å². The van der Waals surface area contributed by atoms with Gasteiger partial charge in [0, 0.05) is 25.7 Å². The molecular formula is C28H34F3N3O3S. The molecule has 0 aliphatic carbocycles. The monoisotopic (exact) mass is 549 g/mol. The Morgan fingerprint density at radius 2 is 1.55 bits per heavy atom. The smallest absolute Gasteiger partial charge is 0.368 e. The minimum absolute atomic E-state index is 0.129. The summed E-state index contributed by atoms with van der Waals surface area (Å²) in [5, 5.41) is 0. The zero-order valence-electron chi connectivity index (χ0n) is 21.2. The number of nitrogens with two attached hydrogens (primary N) is 1. The highest BCUT2D eigenvalue weighted by atomic mass is 32.2. The summed E-state index contributed by atoms with van der Waals surface area (Å²) >= 11 is 0.870. The van der Waals surface area contributed by atoms with Crippen LogP contribution in [0.25, 0.3) is 0 Å². The lowest BCUT2D eigenvalue weighted by Crippen LogP contribution is -2.56. The van der Waals surface area contributed by atoms with Crippen molar-refractivity contribution in [1.29, 1.82) is 0 Å². The quantitative estimate of drug-likeness (QED) is 0.379. The fraction of sp³-hybridized carbons (Fsp3) is 0.464. The summed E-state index contributed by atoms with van der Waals surface area (Å²) in [4.78, 5) is 41.2. The van der Waals surface area contributed by atoms with E-state index in [4.69, 9.17) is 5.73 Å². The van der Waals surface area contributed by atoms with Crippen LogP contribution in [0.2, 0.25) is 0 Å². The fourth-order valence-electron chi connectivity index (χ4n) is 4.73. The largest absolute Gasteiger partial charge is 0.450 e. The Morgan fingerprint density at radius 3 is 2.11 bits per heavy atom. The molecule has 0 aromatic heterocycles. The van der Waals surface area contributed by atoms with Crippen LogP contribution in [-0.4, -0.2) is 70.3 Å². The molecule has 1 aliphatic heterocycles. The predicted molar refractivity (Wildman–Crippen MR) is 142 cm³/mol. The first-order valence-corrected chi connectivity index (χ1v) is 13.9. The van der Waals surface area contributed by atoms with E-state index in [-0.39, 0.29) is 30.5 Å². The number of carbonyl (C=O) groups excluding carboxylic acids is 3. The van der Waals surface area contributed by atoms with Crippen molar-refractivity contribution >= 4 is 29.4 Å². The van der Waals surface area contributed by atoms with Crippen molar-refractivity contribution in [3.63, 3.8) is 0 Å². The topological polar surface area (TPSA) is 83.7 Å². The van der Waals surface area contributed by atoms with Gasteiger partial charge in [0.2, 0.25) is 17.6 Å². The van der Waals surface area contributed by atoms with Gasteiger partial charge >= 0.3 is 6.18 Å². The number of piperidine rings is 1. The second kappa shape index (κ2) is 14.3. The van der Waals surface area contributed by atoms with Gasteiger partial charge in [0.05, 0.1) is 12.2 Å². The van der Waals surface area contributed by atoms with Crippen molar-refractivity contribution in [3.8, 4) is 0 Å². The molecule has 2 amide bonds. The molecule has 0 spiro atoms. The second-order valence-corrected chi connectivity index (χ2v) is 10.6. The van der Waals surface area contributed by atoms with Gasteiger partial charge in [-0.3, -0.25) is 19.3 Å². The van der Waals surface area contributed by atoms with E-state index in [0.717, 1.165) is 37.0 Å². The number of primary amides is 1. The molecule has 2 N–H and O–H groups in total. The number of nitrogens with zero attached hydrogens (tertiary/aromatic N) is 2. The van der Waals surface area contributed by atoms with Gasteiger partial charge in [0.15, 0.2) is 0 Å². The van der Waals surface area contributed by atoms with E-state index in [2.05, 4.69) is 17.0 Å². The van der Waals surface area contributed by atoms with Gasteiger partial charge < -0.3 is 10.6 Å². The molecule has 1 aliphatic rings. The number of amides is 2. The number of Topliss-reactive ketones (excluding diaryl/α,β-unsaturated/α-hetero) is 1. The molecular weight excluding hydrogens is 515 g/mol. The average molecular weight is 550 g/mol. The Morgan fingerprint density at radius 1 is 0.974 bits per heavy atom. The van der Waals surface area contributed by atoms with Gasteiger partial charge in [-0.25, -0.2) is 0 Å². The molecule has 3 rings (SSSR count). The molecule has 2 aromatic carbocycles. The van der Waals surface area contributed by atoms with Crippen LogP contribution in [0.1, 0.15) is 36.8 Å². The lowest BCUT2D eigenvalue weighted by Gasteiger charge is -2.41. The van der Waals surface area contributed by atoms with Crippen LogP contribution in [0.4, 0.5) is 13.2 Å². The Balaban J connectivity index is 1.65. The highest BCUT2D eigenvalue weighted by Gasteiger charge is 2.38. The molecule has 206 valence electrons. The first-order valence-electron chi connectivity index (χ1n) is 12.7. The number of halogens is 3. The summed E-state index contributed by atoms with van der Waals surface area (Å²) in [6.45, 7) is 2.32. The van der Waals surface area contributed by atoms with Crippen molar-refractivity contribution in [1.82, 2.24) is 9.80 Å². The van der Waals surface area contributed by atoms with E-state index >= 15 is 0 Å². The van der Waals surface area contributed by atoms with E-state index in [0.29, 0.717) is 19.3 Å². The number of alkyl halides is 3. The van der Waals surface area contributed by atoms with E-state index in [1.54, 1.807) is 4.90 Å². The van der Waals surface area contributed by atoms with Crippen molar-refractivity contribution in [3.05, 3.63) is 71.8 Å². The van der Waals surface area contributed by atoms with E-state index in [9.17, 15) is 27.6 Å². The molecule has 6 nitrogen and oxygen atoms in total. The zero-order valence-corrected chi connectivity index (χ0v) is 22.1. The fourth-order valence-corrected chi connectivity index (χ4v) is 5.60. The SMILES string of the molecule is NC(=O)[C@H](CCCSCC(=O)C(F)(F)F)N(C(=O)Cc1ccccc1)C1CCN(Cc2ccccc2)CC1. The number of rotatable bonds is 13. The molecule has 38 heavy (non-hydrogen) atoms. The molecule has 0 unspecified atom stereocenters. The molecule has 1 atom stereocenters. The third-order valence-corrected chi connectivity index (χ3v) is 7.71. The number of benzene rings is 2.